The Balaban J connectivity index is 2.61. The number of aromatic amines is 1. The third kappa shape index (κ3) is 2.15. The topological polar surface area (TPSA) is 63.1 Å². The first-order chi connectivity index (χ1) is 7.91. The van der Waals surface area contributed by atoms with Crippen LogP contribution in [-0.4, -0.2) is 19.6 Å². The second kappa shape index (κ2) is 3.86. The smallest absolute Gasteiger partial charge is 0.275 e. The zero-order valence-electron chi connectivity index (χ0n) is 8.88. The van der Waals surface area contributed by atoms with Crippen molar-refractivity contribution in [1.29, 1.82) is 0 Å². The Bertz CT molecular complexity index is 598. The molecular weight excluding hydrogens is 237 g/mol. The molecule has 0 saturated carbocycles. The first-order valence-electron chi connectivity index (χ1n) is 4.97. The van der Waals surface area contributed by atoms with Crippen LogP contribution in [0.25, 0.3) is 5.78 Å². The van der Waals surface area contributed by atoms with Gasteiger partial charge < -0.3 is 0 Å². The van der Waals surface area contributed by atoms with Gasteiger partial charge in [0.15, 0.2) is 5.69 Å². The molecule has 0 amide bonds. The summed E-state index contributed by atoms with van der Waals surface area (Å²) in [5.74, 6) is 0.185. The number of fused-ring (bicyclic) bond motifs is 1. The van der Waals surface area contributed by atoms with Gasteiger partial charge in [-0.05, 0) is 6.42 Å². The molecule has 2 heterocycles. The van der Waals surface area contributed by atoms with Crippen LogP contribution in [0.4, 0.5) is 13.2 Å². The summed E-state index contributed by atoms with van der Waals surface area (Å²) in [6, 6.07) is 0.445. The molecule has 92 valence electrons. The minimum Gasteiger partial charge on any atom is -0.275 e. The molecule has 0 aliphatic carbocycles. The first kappa shape index (κ1) is 11.6. The predicted molar refractivity (Wildman–Crippen MR) is 52.6 cm³/mol. The summed E-state index contributed by atoms with van der Waals surface area (Å²) in [5, 5.41) is 2.61. The van der Waals surface area contributed by atoms with Gasteiger partial charge in [-0.1, -0.05) is 6.92 Å². The highest BCUT2D eigenvalue weighted by molar-refractivity contribution is 5.28. The van der Waals surface area contributed by atoms with Crippen LogP contribution in [0.2, 0.25) is 0 Å². The van der Waals surface area contributed by atoms with E-state index in [-0.39, 0.29) is 5.78 Å². The molecular formula is C9H9F3N4O. The molecule has 8 heteroatoms. The number of alkyl halides is 3. The van der Waals surface area contributed by atoms with E-state index in [4.69, 9.17) is 0 Å². The Kier molecular flexibility index (Phi) is 2.64. The average molecular weight is 246 g/mol. The molecule has 17 heavy (non-hydrogen) atoms. The lowest BCUT2D eigenvalue weighted by atomic mass is 10.3. The zero-order valence-corrected chi connectivity index (χ0v) is 8.88. The summed E-state index contributed by atoms with van der Waals surface area (Å²) in [5.41, 5.74) is -2.05. The van der Waals surface area contributed by atoms with E-state index in [0.717, 1.165) is 10.9 Å². The van der Waals surface area contributed by atoms with E-state index in [9.17, 15) is 18.0 Å². The molecule has 0 radical (unpaired) electrons. The number of aryl methyl sites for hydroxylation is 1. The van der Waals surface area contributed by atoms with Crippen LogP contribution in [0.5, 0.6) is 0 Å². The van der Waals surface area contributed by atoms with Crippen LogP contribution >= 0.6 is 0 Å². The fourth-order valence-electron chi connectivity index (χ4n) is 1.42. The second-order valence-electron chi connectivity index (χ2n) is 3.53. The molecule has 0 saturated heterocycles. The maximum absolute atomic E-state index is 12.4. The van der Waals surface area contributed by atoms with Crippen LogP contribution < -0.4 is 5.56 Å². The minimum atomic E-state index is -4.64. The third-order valence-electron chi connectivity index (χ3n) is 2.15. The van der Waals surface area contributed by atoms with Gasteiger partial charge in [0.1, 0.15) is 5.82 Å². The van der Waals surface area contributed by atoms with Crippen molar-refractivity contribution in [2.45, 2.75) is 25.9 Å². The number of rotatable bonds is 2. The van der Waals surface area contributed by atoms with Crippen LogP contribution in [0.15, 0.2) is 10.9 Å². The van der Waals surface area contributed by atoms with Gasteiger partial charge in [-0.15, -0.1) is 0 Å². The minimum absolute atomic E-state index is 0.256. The van der Waals surface area contributed by atoms with Crippen molar-refractivity contribution in [2.75, 3.05) is 0 Å². The molecule has 0 aliphatic rings. The van der Waals surface area contributed by atoms with Crippen molar-refractivity contribution in [1.82, 2.24) is 19.6 Å². The maximum atomic E-state index is 12.4. The summed E-state index contributed by atoms with van der Waals surface area (Å²) in [6.07, 6.45) is -3.33. The second-order valence-corrected chi connectivity index (χ2v) is 3.53. The molecule has 0 aromatic carbocycles. The molecule has 0 unspecified atom stereocenters. The number of halogens is 3. The molecule has 0 fully saturated rings. The Morgan fingerprint density at radius 1 is 1.41 bits per heavy atom. The van der Waals surface area contributed by atoms with Gasteiger partial charge in [-0.2, -0.15) is 22.7 Å². The van der Waals surface area contributed by atoms with Crippen molar-refractivity contribution in [3.8, 4) is 0 Å². The fraction of sp³-hybridized carbons (Fsp3) is 0.444. The number of hydrogen-bond donors (Lipinski definition) is 1. The number of nitrogens with one attached hydrogen (secondary N) is 1. The van der Waals surface area contributed by atoms with Gasteiger partial charge in [0, 0.05) is 12.5 Å². The molecule has 2 rings (SSSR count). The summed E-state index contributed by atoms with van der Waals surface area (Å²) in [7, 11) is 0. The van der Waals surface area contributed by atoms with Gasteiger partial charge in [-0.25, -0.2) is 4.98 Å². The van der Waals surface area contributed by atoms with Crippen LogP contribution in [0.1, 0.15) is 24.9 Å². The maximum Gasteiger partial charge on any atom is 0.433 e. The van der Waals surface area contributed by atoms with Gasteiger partial charge in [0.2, 0.25) is 0 Å². The molecule has 2 aromatic rings. The first-order valence-corrected chi connectivity index (χ1v) is 4.97. The molecule has 2 aromatic heterocycles. The van der Waals surface area contributed by atoms with Gasteiger partial charge in [-0.3, -0.25) is 9.89 Å². The lowest BCUT2D eigenvalue weighted by Gasteiger charge is -2.03. The van der Waals surface area contributed by atoms with Crippen molar-refractivity contribution in [2.24, 2.45) is 0 Å². The quantitative estimate of drug-likeness (QED) is 0.870. The SMILES string of the molecule is CCCc1nc2nc(C(F)(F)F)cc(=O)n2[nH]1. The van der Waals surface area contributed by atoms with Crippen LogP contribution in [-0.2, 0) is 12.6 Å². The number of aromatic nitrogens is 4. The van der Waals surface area contributed by atoms with Crippen molar-refractivity contribution in [3.63, 3.8) is 0 Å². The van der Waals surface area contributed by atoms with Crippen molar-refractivity contribution < 1.29 is 13.2 Å². The predicted octanol–water partition coefficient (Wildman–Crippen LogP) is 1.39. The standard InChI is InChI=1S/C9H9F3N4O/c1-2-3-6-14-8-13-5(9(10,11)12)4-7(17)16(8)15-6/h4H,2-3H2,1H3,(H,13,14,15). The summed E-state index contributed by atoms with van der Waals surface area (Å²) >= 11 is 0. The highest BCUT2D eigenvalue weighted by Crippen LogP contribution is 2.26. The van der Waals surface area contributed by atoms with Gasteiger partial charge in [0.05, 0.1) is 0 Å². The normalized spacial score (nSPS) is 12.2. The van der Waals surface area contributed by atoms with E-state index >= 15 is 0 Å². The van der Waals surface area contributed by atoms with E-state index in [0.29, 0.717) is 18.3 Å². The average Bonchev–Trinajstić information content (AvgIpc) is 2.60. The number of nitrogens with zero attached hydrogens (tertiary/aromatic N) is 3. The van der Waals surface area contributed by atoms with E-state index < -0.39 is 17.4 Å². The van der Waals surface area contributed by atoms with Crippen LogP contribution in [0, 0.1) is 0 Å². The summed E-state index contributed by atoms with van der Waals surface area (Å²) in [6.45, 7) is 1.89. The largest absolute Gasteiger partial charge is 0.433 e. The Labute approximate surface area is 93.3 Å². The van der Waals surface area contributed by atoms with Gasteiger partial charge in [0.25, 0.3) is 11.3 Å². The molecule has 5 nitrogen and oxygen atoms in total. The molecule has 0 spiro atoms. The molecule has 0 bridgehead atoms. The van der Waals surface area contributed by atoms with Crippen molar-refractivity contribution >= 4 is 5.78 Å². The Hall–Kier alpha value is -1.86. The highest BCUT2D eigenvalue weighted by Gasteiger charge is 2.33. The lowest BCUT2D eigenvalue weighted by molar-refractivity contribution is -0.141. The number of hydrogen-bond acceptors (Lipinski definition) is 3. The highest BCUT2D eigenvalue weighted by atomic mass is 19.4. The monoisotopic (exact) mass is 246 g/mol. The van der Waals surface area contributed by atoms with Gasteiger partial charge >= 0.3 is 6.18 Å². The van der Waals surface area contributed by atoms with E-state index in [2.05, 4.69) is 15.1 Å². The lowest BCUT2D eigenvalue weighted by Crippen LogP contribution is -2.20. The summed E-state index contributed by atoms with van der Waals surface area (Å²) in [4.78, 5) is 18.6. The number of H-pyrrole nitrogens is 1. The molecule has 0 atom stereocenters. The molecule has 0 aliphatic heterocycles. The van der Waals surface area contributed by atoms with E-state index in [1.807, 2.05) is 6.92 Å². The molecule has 1 N–H and O–H groups in total. The summed E-state index contributed by atoms with van der Waals surface area (Å²) < 4.78 is 38.1. The zero-order chi connectivity index (χ0) is 12.6. The van der Waals surface area contributed by atoms with Crippen molar-refractivity contribution in [3.05, 3.63) is 27.9 Å². The Morgan fingerprint density at radius 2 is 2.12 bits per heavy atom. The fourth-order valence-corrected chi connectivity index (χ4v) is 1.42. The Morgan fingerprint density at radius 3 is 2.71 bits per heavy atom. The van der Waals surface area contributed by atoms with E-state index in [1.165, 1.54) is 0 Å². The van der Waals surface area contributed by atoms with E-state index in [1.54, 1.807) is 0 Å². The van der Waals surface area contributed by atoms with Crippen LogP contribution in [0.3, 0.4) is 0 Å². The third-order valence-corrected chi connectivity index (χ3v) is 2.15.